The molecular formula is C15H31NO. The standard InChI is InChI=1S/C15H31NO/c1-5-8-14(17)13(6-2)16-11-9-15(4,7-3)10-12-16/h13-14,17H,5-12H2,1-4H3. The van der Waals surface area contributed by atoms with Gasteiger partial charge in [-0.15, -0.1) is 0 Å². The lowest BCUT2D eigenvalue weighted by Gasteiger charge is -2.43. The Hall–Kier alpha value is -0.0800. The van der Waals surface area contributed by atoms with E-state index in [1.54, 1.807) is 0 Å². The Morgan fingerprint density at radius 3 is 2.18 bits per heavy atom. The van der Waals surface area contributed by atoms with E-state index in [1.165, 1.54) is 32.4 Å². The third kappa shape index (κ3) is 3.96. The third-order valence-electron chi connectivity index (χ3n) is 4.77. The van der Waals surface area contributed by atoms with E-state index in [9.17, 15) is 5.11 Å². The summed E-state index contributed by atoms with van der Waals surface area (Å²) in [5.74, 6) is 0. The maximum absolute atomic E-state index is 10.2. The van der Waals surface area contributed by atoms with E-state index in [4.69, 9.17) is 0 Å². The minimum absolute atomic E-state index is 0.129. The summed E-state index contributed by atoms with van der Waals surface area (Å²) in [6.07, 6.45) is 6.84. The molecule has 2 unspecified atom stereocenters. The highest BCUT2D eigenvalue weighted by molar-refractivity contribution is 4.86. The fraction of sp³-hybridized carbons (Fsp3) is 1.00. The Bertz CT molecular complexity index is 209. The van der Waals surface area contributed by atoms with Crippen LogP contribution in [-0.2, 0) is 0 Å². The van der Waals surface area contributed by atoms with Crippen molar-refractivity contribution >= 4 is 0 Å². The van der Waals surface area contributed by atoms with Crippen LogP contribution in [0.2, 0.25) is 0 Å². The van der Waals surface area contributed by atoms with Crippen molar-refractivity contribution in [1.29, 1.82) is 0 Å². The first-order valence-electron chi connectivity index (χ1n) is 7.48. The van der Waals surface area contributed by atoms with Gasteiger partial charge in [0.1, 0.15) is 0 Å². The van der Waals surface area contributed by atoms with Gasteiger partial charge in [0.15, 0.2) is 0 Å². The van der Waals surface area contributed by atoms with Crippen molar-refractivity contribution in [3.8, 4) is 0 Å². The monoisotopic (exact) mass is 241 g/mol. The number of rotatable bonds is 6. The van der Waals surface area contributed by atoms with Gasteiger partial charge < -0.3 is 5.11 Å². The molecule has 0 radical (unpaired) electrons. The second-order valence-electron chi connectivity index (χ2n) is 6.03. The fourth-order valence-electron chi connectivity index (χ4n) is 3.01. The van der Waals surface area contributed by atoms with Gasteiger partial charge in [0.05, 0.1) is 6.10 Å². The van der Waals surface area contributed by atoms with Gasteiger partial charge in [-0.25, -0.2) is 0 Å². The topological polar surface area (TPSA) is 23.5 Å². The van der Waals surface area contributed by atoms with E-state index in [2.05, 4.69) is 32.6 Å². The van der Waals surface area contributed by atoms with Gasteiger partial charge in [0, 0.05) is 6.04 Å². The zero-order valence-corrected chi connectivity index (χ0v) is 12.2. The molecule has 17 heavy (non-hydrogen) atoms. The average Bonchev–Trinajstić information content (AvgIpc) is 2.33. The first-order chi connectivity index (χ1) is 8.06. The minimum Gasteiger partial charge on any atom is -0.391 e. The minimum atomic E-state index is -0.129. The molecule has 1 aliphatic rings. The van der Waals surface area contributed by atoms with Crippen molar-refractivity contribution in [1.82, 2.24) is 4.90 Å². The number of nitrogens with zero attached hydrogens (tertiary/aromatic N) is 1. The van der Waals surface area contributed by atoms with E-state index in [0.717, 1.165) is 19.3 Å². The molecule has 2 atom stereocenters. The third-order valence-corrected chi connectivity index (χ3v) is 4.77. The molecule has 2 nitrogen and oxygen atoms in total. The Balaban J connectivity index is 2.50. The predicted octanol–water partition coefficient (Wildman–Crippen LogP) is 3.44. The van der Waals surface area contributed by atoms with Gasteiger partial charge in [0.25, 0.3) is 0 Å². The molecule has 0 aromatic heterocycles. The summed E-state index contributed by atoms with van der Waals surface area (Å²) in [4.78, 5) is 2.53. The predicted molar refractivity (Wildman–Crippen MR) is 74.2 cm³/mol. The molecule has 102 valence electrons. The molecular weight excluding hydrogens is 210 g/mol. The molecule has 1 fully saturated rings. The van der Waals surface area contributed by atoms with E-state index in [1.807, 2.05) is 0 Å². The van der Waals surface area contributed by atoms with Crippen LogP contribution >= 0.6 is 0 Å². The fourth-order valence-corrected chi connectivity index (χ4v) is 3.01. The van der Waals surface area contributed by atoms with Crippen LogP contribution in [0, 0.1) is 5.41 Å². The summed E-state index contributed by atoms with van der Waals surface area (Å²) in [5, 5.41) is 10.2. The van der Waals surface area contributed by atoms with Crippen LogP contribution in [0.5, 0.6) is 0 Å². The first kappa shape index (κ1) is 15.0. The van der Waals surface area contributed by atoms with Gasteiger partial charge in [0.2, 0.25) is 0 Å². The van der Waals surface area contributed by atoms with Crippen LogP contribution < -0.4 is 0 Å². The largest absolute Gasteiger partial charge is 0.391 e. The maximum Gasteiger partial charge on any atom is 0.0695 e. The molecule has 1 heterocycles. The quantitative estimate of drug-likeness (QED) is 0.770. The number of likely N-dealkylation sites (tertiary alicyclic amines) is 1. The number of hydrogen-bond donors (Lipinski definition) is 1. The summed E-state index contributed by atoms with van der Waals surface area (Å²) in [7, 11) is 0. The number of aliphatic hydroxyl groups excluding tert-OH is 1. The molecule has 0 aliphatic carbocycles. The summed E-state index contributed by atoms with van der Waals surface area (Å²) in [5.41, 5.74) is 0.546. The van der Waals surface area contributed by atoms with Crippen LogP contribution in [0.25, 0.3) is 0 Å². The van der Waals surface area contributed by atoms with Crippen molar-refractivity contribution in [2.24, 2.45) is 5.41 Å². The Labute approximate surface area is 107 Å². The van der Waals surface area contributed by atoms with Crippen molar-refractivity contribution in [3.05, 3.63) is 0 Å². The number of piperidine rings is 1. The van der Waals surface area contributed by atoms with Crippen LogP contribution in [0.3, 0.4) is 0 Å². The molecule has 1 rings (SSSR count). The highest BCUT2D eigenvalue weighted by Crippen LogP contribution is 2.35. The van der Waals surface area contributed by atoms with Crippen molar-refractivity contribution in [3.63, 3.8) is 0 Å². The molecule has 0 aromatic carbocycles. The molecule has 0 aromatic rings. The zero-order valence-electron chi connectivity index (χ0n) is 12.2. The molecule has 1 aliphatic heterocycles. The van der Waals surface area contributed by atoms with Gasteiger partial charge in [-0.3, -0.25) is 4.90 Å². The maximum atomic E-state index is 10.2. The normalized spacial score (nSPS) is 24.5. The summed E-state index contributed by atoms with van der Waals surface area (Å²) in [6, 6.07) is 0.386. The van der Waals surface area contributed by atoms with E-state index in [-0.39, 0.29) is 6.10 Å². The molecule has 0 saturated carbocycles. The Kier molecular flexibility index (Phi) is 5.94. The first-order valence-corrected chi connectivity index (χ1v) is 7.48. The second kappa shape index (κ2) is 6.75. The highest BCUT2D eigenvalue weighted by Gasteiger charge is 2.32. The van der Waals surface area contributed by atoms with E-state index < -0.39 is 0 Å². The number of aliphatic hydroxyl groups is 1. The second-order valence-corrected chi connectivity index (χ2v) is 6.03. The molecule has 0 spiro atoms. The van der Waals surface area contributed by atoms with Crippen molar-refractivity contribution in [2.45, 2.75) is 78.4 Å². The van der Waals surface area contributed by atoms with Gasteiger partial charge in [-0.2, -0.15) is 0 Å². The Morgan fingerprint density at radius 1 is 1.18 bits per heavy atom. The molecule has 2 heteroatoms. The van der Waals surface area contributed by atoms with Gasteiger partial charge in [-0.05, 0) is 44.2 Å². The SMILES string of the molecule is CCCC(O)C(CC)N1CCC(C)(CC)CC1. The van der Waals surface area contributed by atoms with Gasteiger partial charge >= 0.3 is 0 Å². The lowest BCUT2D eigenvalue weighted by Crippen LogP contribution is -2.49. The van der Waals surface area contributed by atoms with Crippen LogP contribution in [-0.4, -0.2) is 35.2 Å². The zero-order chi connectivity index (χ0) is 12.9. The lowest BCUT2D eigenvalue weighted by atomic mass is 9.77. The van der Waals surface area contributed by atoms with Crippen LogP contribution in [0.1, 0.15) is 66.2 Å². The van der Waals surface area contributed by atoms with Crippen molar-refractivity contribution < 1.29 is 5.11 Å². The summed E-state index contributed by atoms with van der Waals surface area (Å²) < 4.78 is 0. The smallest absolute Gasteiger partial charge is 0.0695 e. The average molecular weight is 241 g/mol. The molecule has 0 amide bonds. The molecule has 0 bridgehead atoms. The Morgan fingerprint density at radius 2 is 1.76 bits per heavy atom. The molecule has 1 N–H and O–H groups in total. The van der Waals surface area contributed by atoms with E-state index >= 15 is 0 Å². The van der Waals surface area contributed by atoms with E-state index in [0.29, 0.717) is 11.5 Å². The highest BCUT2D eigenvalue weighted by atomic mass is 16.3. The van der Waals surface area contributed by atoms with Gasteiger partial charge in [-0.1, -0.05) is 40.5 Å². The van der Waals surface area contributed by atoms with Crippen LogP contribution in [0.4, 0.5) is 0 Å². The van der Waals surface area contributed by atoms with Crippen LogP contribution in [0.15, 0.2) is 0 Å². The summed E-state index contributed by atoms with van der Waals surface area (Å²) in [6.45, 7) is 11.4. The molecule has 1 saturated heterocycles. The summed E-state index contributed by atoms with van der Waals surface area (Å²) >= 11 is 0. The van der Waals surface area contributed by atoms with Crippen molar-refractivity contribution in [2.75, 3.05) is 13.1 Å². The lowest BCUT2D eigenvalue weighted by molar-refractivity contribution is 0.00583. The number of hydrogen-bond acceptors (Lipinski definition) is 2.